The van der Waals surface area contributed by atoms with Crippen molar-refractivity contribution in [3.05, 3.63) is 42.4 Å². The Balaban J connectivity index is 1.49. The summed E-state index contributed by atoms with van der Waals surface area (Å²) in [5.41, 5.74) is 0.890. The average molecular weight is 414 g/mol. The fourth-order valence-corrected chi connectivity index (χ4v) is 3.00. The van der Waals surface area contributed by atoms with Gasteiger partial charge in [0.05, 0.1) is 32.2 Å². The van der Waals surface area contributed by atoms with E-state index in [9.17, 15) is 9.59 Å². The Bertz CT molecular complexity index is 842. The molecule has 30 heavy (non-hydrogen) atoms. The lowest BCUT2D eigenvalue weighted by Gasteiger charge is -2.26. The Morgan fingerprint density at radius 1 is 1.20 bits per heavy atom. The van der Waals surface area contributed by atoms with E-state index in [0.29, 0.717) is 29.4 Å². The van der Waals surface area contributed by atoms with E-state index < -0.39 is 6.03 Å². The molecule has 0 atom stereocenters. The Morgan fingerprint density at radius 2 is 2.03 bits per heavy atom. The first kappa shape index (κ1) is 21.5. The number of hydrogen-bond donors (Lipinski definition) is 3. The van der Waals surface area contributed by atoms with Crippen molar-refractivity contribution in [2.45, 2.75) is 6.42 Å². The molecule has 10 heteroatoms. The van der Waals surface area contributed by atoms with Gasteiger partial charge in [-0.3, -0.25) is 20.0 Å². The molecule has 2 heterocycles. The molecule has 3 rings (SSSR count). The molecule has 0 aliphatic carbocycles. The van der Waals surface area contributed by atoms with Crippen molar-refractivity contribution < 1.29 is 19.1 Å². The molecule has 1 aliphatic heterocycles. The highest BCUT2D eigenvalue weighted by Gasteiger charge is 2.13. The van der Waals surface area contributed by atoms with Crippen molar-refractivity contribution in [2.24, 2.45) is 0 Å². The van der Waals surface area contributed by atoms with Gasteiger partial charge in [-0.15, -0.1) is 0 Å². The van der Waals surface area contributed by atoms with Crippen molar-refractivity contribution in [2.75, 3.05) is 57.1 Å². The van der Waals surface area contributed by atoms with Crippen LogP contribution < -0.4 is 20.7 Å². The number of urea groups is 1. The highest BCUT2D eigenvalue weighted by molar-refractivity contribution is 6.01. The number of methoxy groups -OCH3 is 1. The minimum Gasteiger partial charge on any atom is -0.495 e. The number of carbonyl (C=O) groups is 2. The molecular formula is C20H26N6O4. The fourth-order valence-electron chi connectivity index (χ4n) is 3.00. The monoisotopic (exact) mass is 414 g/mol. The Hall–Kier alpha value is -3.24. The zero-order valence-corrected chi connectivity index (χ0v) is 16.9. The third-order valence-electron chi connectivity index (χ3n) is 4.56. The van der Waals surface area contributed by atoms with Crippen molar-refractivity contribution in [3.8, 4) is 5.75 Å². The number of rotatable bonds is 8. The number of anilines is 2. The van der Waals surface area contributed by atoms with Crippen LogP contribution in [0.5, 0.6) is 5.75 Å². The molecule has 160 valence electrons. The zero-order valence-electron chi connectivity index (χ0n) is 16.9. The second-order valence-electron chi connectivity index (χ2n) is 6.65. The lowest BCUT2D eigenvalue weighted by Crippen LogP contribution is -2.38. The van der Waals surface area contributed by atoms with Crippen LogP contribution >= 0.6 is 0 Å². The first-order valence-electron chi connectivity index (χ1n) is 9.76. The van der Waals surface area contributed by atoms with Gasteiger partial charge in [0.1, 0.15) is 5.75 Å². The van der Waals surface area contributed by atoms with E-state index in [-0.39, 0.29) is 5.91 Å². The van der Waals surface area contributed by atoms with E-state index in [0.717, 1.165) is 39.3 Å². The summed E-state index contributed by atoms with van der Waals surface area (Å²) in [6.45, 7) is 4.91. The van der Waals surface area contributed by atoms with Crippen LogP contribution in [0.2, 0.25) is 0 Å². The summed E-state index contributed by atoms with van der Waals surface area (Å²) in [4.78, 5) is 34.7. The van der Waals surface area contributed by atoms with E-state index in [1.807, 2.05) is 0 Å². The van der Waals surface area contributed by atoms with Gasteiger partial charge in [0.25, 0.3) is 5.91 Å². The van der Waals surface area contributed by atoms with Crippen molar-refractivity contribution in [3.63, 3.8) is 0 Å². The van der Waals surface area contributed by atoms with Gasteiger partial charge in [0.2, 0.25) is 0 Å². The summed E-state index contributed by atoms with van der Waals surface area (Å²) in [6.07, 6.45) is 5.29. The van der Waals surface area contributed by atoms with Crippen LogP contribution in [-0.2, 0) is 4.74 Å². The van der Waals surface area contributed by atoms with Gasteiger partial charge in [0.15, 0.2) is 5.82 Å². The average Bonchev–Trinajstić information content (AvgIpc) is 2.78. The first-order valence-corrected chi connectivity index (χ1v) is 9.76. The van der Waals surface area contributed by atoms with E-state index in [2.05, 4.69) is 30.8 Å². The predicted molar refractivity (Wildman–Crippen MR) is 112 cm³/mol. The largest absolute Gasteiger partial charge is 0.495 e. The Kier molecular flexibility index (Phi) is 7.93. The molecule has 3 N–H and O–H groups in total. The first-order chi connectivity index (χ1) is 14.7. The van der Waals surface area contributed by atoms with Crippen LogP contribution in [-0.4, -0.2) is 73.3 Å². The molecule has 3 amide bonds. The number of carbonyl (C=O) groups excluding carboxylic acids is 2. The molecule has 0 unspecified atom stereocenters. The summed E-state index contributed by atoms with van der Waals surface area (Å²) in [6, 6.07) is 4.36. The van der Waals surface area contributed by atoms with Gasteiger partial charge in [-0.2, -0.15) is 0 Å². The van der Waals surface area contributed by atoms with Gasteiger partial charge in [-0.05, 0) is 31.2 Å². The van der Waals surface area contributed by atoms with Crippen LogP contribution in [0.4, 0.5) is 16.3 Å². The Labute approximate surface area is 175 Å². The second kappa shape index (κ2) is 11.1. The molecule has 1 aromatic heterocycles. The number of nitrogens with zero attached hydrogens (tertiary/aromatic N) is 3. The van der Waals surface area contributed by atoms with E-state index in [4.69, 9.17) is 9.47 Å². The molecule has 0 bridgehead atoms. The molecule has 0 spiro atoms. The molecule has 10 nitrogen and oxygen atoms in total. The topological polar surface area (TPSA) is 118 Å². The predicted octanol–water partition coefficient (Wildman–Crippen LogP) is 1.58. The number of ether oxygens (including phenoxy) is 2. The number of nitrogens with one attached hydrogen (secondary N) is 3. The molecule has 2 aromatic rings. The van der Waals surface area contributed by atoms with Crippen molar-refractivity contribution >= 4 is 23.4 Å². The van der Waals surface area contributed by atoms with Crippen LogP contribution in [0.15, 0.2) is 36.8 Å². The lowest BCUT2D eigenvalue weighted by atomic mass is 10.1. The normalized spacial score (nSPS) is 14.0. The molecule has 1 fully saturated rings. The zero-order chi connectivity index (χ0) is 21.2. The quantitative estimate of drug-likeness (QED) is 0.561. The highest BCUT2D eigenvalue weighted by Crippen LogP contribution is 2.25. The molecule has 0 saturated carbocycles. The van der Waals surface area contributed by atoms with Crippen molar-refractivity contribution in [1.82, 2.24) is 20.2 Å². The SMILES string of the molecule is COc1cc(C(=O)NCCCN2CCOCC2)ccc1NC(=O)Nc1cnccn1. The maximum atomic E-state index is 12.4. The summed E-state index contributed by atoms with van der Waals surface area (Å²) in [5, 5.41) is 8.16. The maximum absolute atomic E-state index is 12.4. The number of hydrogen-bond acceptors (Lipinski definition) is 7. The van der Waals surface area contributed by atoms with Gasteiger partial charge in [-0.25, -0.2) is 9.78 Å². The Morgan fingerprint density at radius 3 is 2.77 bits per heavy atom. The highest BCUT2D eigenvalue weighted by atomic mass is 16.5. The number of benzene rings is 1. The number of amides is 3. The fraction of sp³-hybridized carbons (Fsp3) is 0.400. The third-order valence-corrected chi connectivity index (χ3v) is 4.56. The maximum Gasteiger partial charge on any atom is 0.324 e. The smallest absolute Gasteiger partial charge is 0.324 e. The minimum atomic E-state index is -0.492. The number of aromatic nitrogens is 2. The van der Waals surface area contributed by atoms with Crippen LogP contribution in [0.25, 0.3) is 0 Å². The number of morpholine rings is 1. The molecule has 1 saturated heterocycles. The summed E-state index contributed by atoms with van der Waals surface area (Å²) in [5.74, 6) is 0.512. The molecule has 1 aromatic carbocycles. The van der Waals surface area contributed by atoms with Crippen LogP contribution in [0.1, 0.15) is 16.8 Å². The van der Waals surface area contributed by atoms with E-state index in [1.54, 1.807) is 18.2 Å². The molecule has 1 aliphatic rings. The van der Waals surface area contributed by atoms with Gasteiger partial charge >= 0.3 is 6.03 Å². The van der Waals surface area contributed by atoms with E-state index >= 15 is 0 Å². The van der Waals surface area contributed by atoms with Crippen LogP contribution in [0.3, 0.4) is 0 Å². The van der Waals surface area contributed by atoms with Crippen LogP contribution in [0, 0.1) is 0 Å². The molecule has 0 radical (unpaired) electrons. The standard InChI is InChI=1S/C20H26N6O4/c1-29-17-13-15(19(27)23-5-2-8-26-9-11-30-12-10-26)3-4-16(17)24-20(28)25-18-14-21-6-7-22-18/h3-4,6-7,13-14H,2,5,8-12H2,1H3,(H,23,27)(H2,22,24,25,28). The van der Waals surface area contributed by atoms with Crippen molar-refractivity contribution in [1.29, 1.82) is 0 Å². The summed E-state index contributed by atoms with van der Waals surface area (Å²) >= 11 is 0. The molecular weight excluding hydrogens is 388 g/mol. The third kappa shape index (κ3) is 6.39. The summed E-state index contributed by atoms with van der Waals surface area (Å²) < 4.78 is 10.7. The minimum absolute atomic E-state index is 0.189. The van der Waals surface area contributed by atoms with Gasteiger partial charge in [0, 0.05) is 37.6 Å². The second-order valence-corrected chi connectivity index (χ2v) is 6.65. The van der Waals surface area contributed by atoms with Gasteiger partial charge < -0.3 is 20.1 Å². The van der Waals surface area contributed by atoms with E-state index in [1.165, 1.54) is 25.7 Å². The summed E-state index contributed by atoms with van der Waals surface area (Å²) in [7, 11) is 1.48. The van der Waals surface area contributed by atoms with Gasteiger partial charge in [-0.1, -0.05) is 0 Å². The lowest BCUT2D eigenvalue weighted by molar-refractivity contribution is 0.0374.